The van der Waals surface area contributed by atoms with Crippen LogP contribution < -0.4 is 5.32 Å². The zero-order chi connectivity index (χ0) is 11.9. The van der Waals surface area contributed by atoms with Gasteiger partial charge in [-0.3, -0.25) is 4.79 Å². The highest BCUT2D eigenvalue weighted by Gasteiger charge is 2.33. The van der Waals surface area contributed by atoms with Crippen molar-refractivity contribution in [3.8, 4) is 6.07 Å². The van der Waals surface area contributed by atoms with Crippen molar-refractivity contribution < 1.29 is 9.53 Å². The largest absolute Gasteiger partial charge is 0.381 e. The molecular formula is C11H18N2O2S. The number of amides is 1. The van der Waals surface area contributed by atoms with Crippen LogP contribution in [0.3, 0.4) is 0 Å². The van der Waals surface area contributed by atoms with E-state index in [1.54, 1.807) is 0 Å². The van der Waals surface area contributed by atoms with Crippen molar-refractivity contribution in [2.75, 3.05) is 24.7 Å². The standard InChI is InChI=1S/C11H18N2O2S/c1-2-15-6-3-10(14)13-11(9-12)4-7-16-8-5-11/h2-8H2,1H3,(H,13,14). The maximum atomic E-state index is 11.6. The van der Waals surface area contributed by atoms with Crippen molar-refractivity contribution in [2.45, 2.75) is 31.7 Å². The number of thioether (sulfide) groups is 1. The Bertz CT molecular complexity index is 270. The van der Waals surface area contributed by atoms with Gasteiger partial charge in [0.1, 0.15) is 5.54 Å². The molecule has 1 N–H and O–H groups in total. The van der Waals surface area contributed by atoms with Gasteiger partial charge in [-0.1, -0.05) is 0 Å². The van der Waals surface area contributed by atoms with Gasteiger partial charge in [-0.25, -0.2) is 0 Å². The molecule has 90 valence electrons. The Morgan fingerprint density at radius 2 is 2.25 bits per heavy atom. The van der Waals surface area contributed by atoms with Gasteiger partial charge in [-0.2, -0.15) is 17.0 Å². The summed E-state index contributed by atoms with van der Waals surface area (Å²) in [6, 6.07) is 2.25. The molecule has 0 spiro atoms. The lowest BCUT2D eigenvalue weighted by Gasteiger charge is -2.31. The molecule has 0 radical (unpaired) electrons. The van der Waals surface area contributed by atoms with E-state index in [-0.39, 0.29) is 5.91 Å². The highest BCUT2D eigenvalue weighted by atomic mass is 32.2. The van der Waals surface area contributed by atoms with Crippen molar-refractivity contribution in [3.05, 3.63) is 0 Å². The smallest absolute Gasteiger partial charge is 0.223 e. The first kappa shape index (κ1) is 13.3. The Hall–Kier alpha value is -0.730. The molecule has 5 heteroatoms. The fourth-order valence-corrected chi connectivity index (χ4v) is 2.81. The van der Waals surface area contributed by atoms with E-state index in [1.165, 1.54) is 0 Å². The SMILES string of the molecule is CCOCCC(=O)NC1(C#N)CCSCC1. The lowest BCUT2D eigenvalue weighted by molar-refractivity contribution is -0.123. The van der Waals surface area contributed by atoms with Crippen LogP contribution in [-0.4, -0.2) is 36.2 Å². The van der Waals surface area contributed by atoms with Gasteiger partial charge in [0.15, 0.2) is 0 Å². The molecule has 0 aromatic carbocycles. The first-order valence-electron chi connectivity index (χ1n) is 5.60. The maximum absolute atomic E-state index is 11.6. The van der Waals surface area contributed by atoms with E-state index >= 15 is 0 Å². The van der Waals surface area contributed by atoms with Crippen LogP contribution in [-0.2, 0) is 9.53 Å². The second-order valence-corrected chi connectivity index (χ2v) is 5.03. The molecular weight excluding hydrogens is 224 g/mol. The van der Waals surface area contributed by atoms with Crippen molar-refractivity contribution >= 4 is 17.7 Å². The topological polar surface area (TPSA) is 62.1 Å². The fraction of sp³-hybridized carbons (Fsp3) is 0.818. The van der Waals surface area contributed by atoms with Crippen molar-refractivity contribution in [3.63, 3.8) is 0 Å². The molecule has 0 aromatic rings. The lowest BCUT2D eigenvalue weighted by Crippen LogP contribution is -2.49. The summed E-state index contributed by atoms with van der Waals surface area (Å²) in [7, 11) is 0. The number of hydrogen-bond acceptors (Lipinski definition) is 4. The van der Waals surface area contributed by atoms with Crippen LogP contribution in [0.25, 0.3) is 0 Å². The highest BCUT2D eigenvalue weighted by Crippen LogP contribution is 2.26. The van der Waals surface area contributed by atoms with Gasteiger partial charge in [-0.05, 0) is 31.3 Å². The number of nitriles is 1. The molecule has 0 aliphatic carbocycles. The maximum Gasteiger partial charge on any atom is 0.223 e. The lowest BCUT2D eigenvalue weighted by atomic mass is 9.94. The monoisotopic (exact) mass is 242 g/mol. The predicted molar refractivity (Wildman–Crippen MR) is 64.2 cm³/mol. The van der Waals surface area contributed by atoms with Crippen LogP contribution in [0, 0.1) is 11.3 Å². The Morgan fingerprint density at radius 1 is 1.56 bits per heavy atom. The highest BCUT2D eigenvalue weighted by molar-refractivity contribution is 7.99. The van der Waals surface area contributed by atoms with Crippen molar-refractivity contribution in [1.82, 2.24) is 5.32 Å². The zero-order valence-corrected chi connectivity index (χ0v) is 10.4. The number of hydrogen-bond donors (Lipinski definition) is 1. The number of nitrogens with one attached hydrogen (secondary N) is 1. The van der Waals surface area contributed by atoms with Crippen LogP contribution in [0.15, 0.2) is 0 Å². The third-order valence-electron chi connectivity index (χ3n) is 2.62. The molecule has 1 fully saturated rings. The summed E-state index contributed by atoms with van der Waals surface area (Å²) in [5, 5.41) is 12.0. The van der Waals surface area contributed by atoms with Crippen LogP contribution >= 0.6 is 11.8 Å². The molecule has 0 bridgehead atoms. The average Bonchev–Trinajstić information content (AvgIpc) is 2.30. The van der Waals surface area contributed by atoms with Crippen molar-refractivity contribution in [1.29, 1.82) is 5.26 Å². The molecule has 0 atom stereocenters. The molecule has 0 aromatic heterocycles. The Labute approximate surface area is 101 Å². The molecule has 1 saturated heterocycles. The first-order chi connectivity index (χ1) is 7.72. The van der Waals surface area contributed by atoms with Gasteiger partial charge in [0.05, 0.1) is 19.1 Å². The number of nitrogens with zero attached hydrogens (tertiary/aromatic N) is 1. The zero-order valence-electron chi connectivity index (χ0n) is 9.62. The molecule has 1 aliphatic rings. The third kappa shape index (κ3) is 4.03. The van der Waals surface area contributed by atoms with Gasteiger partial charge in [-0.15, -0.1) is 0 Å². The second-order valence-electron chi connectivity index (χ2n) is 3.80. The van der Waals surface area contributed by atoms with Gasteiger partial charge in [0, 0.05) is 6.61 Å². The average molecular weight is 242 g/mol. The molecule has 1 amide bonds. The Balaban J connectivity index is 2.37. The summed E-state index contributed by atoms with van der Waals surface area (Å²) in [6.45, 7) is 2.94. The molecule has 4 nitrogen and oxygen atoms in total. The van der Waals surface area contributed by atoms with E-state index in [1.807, 2.05) is 18.7 Å². The van der Waals surface area contributed by atoms with Crippen LogP contribution in [0.5, 0.6) is 0 Å². The summed E-state index contributed by atoms with van der Waals surface area (Å²) in [4.78, 5) is 11.6. The minimum Gasteiger partial charge on any atom is -0.381 e. The molecule has 1 aliphatic heterocycles. The van der Waals surface area contributed by atoms with Crippen LogP contribution in [0.1, 0.15) is 26.2 Å². The summed E-state index contributed by atoms with van der Waals surface area (Å²) in [5.41, 5.74) is -0.630. The van der Waals surface area contributed by atoms with E-state index in [0.29, 0.717) is 19.6 Å². The minimum absolute atomic E-state index is 0.0816. The molecule has 1 rings (SSSR count). The van der Waals surface area contributed by atoms with Gasteiger partial charge in [0.2, 0.25) is 5.91 Å². The predicted octanol–water partition coefficient (Wildman–Crippen LogP) is 1.32. The number of carbonyl (C=O) groups is 1. The van der Waals surface area contributed by atoms with Crippen molar-refractivity contribution in [2.24, 2.45) is 0 Å². The summed E-state index contributed by atoms with van der Waals surface area (Å²) in [6.07, 6.45) is 1.83. The quantitative estimate of drug-likeness (QED) is 0.739. The second kappa shape index (κ2) is 6.77. The molecule has 16 heavy (non-hydrogen) atoms. The van der Waals surface area contributed by atoms with E-state index < -0.39 is 5.54 Å². The molecule has 1 heterocycles. The molecule has 0 unspecified atom stereocenters. The van der Waals surface area contributed by atoms with Gasteiger partial charge >= 0.3 is 0 Å². The Kier molecular flexibility index (Phi) is 5.64. The number of carbonyl (C=O) groups excluding carboxylic acids is 1. The molecule has 0 saturated carbocycles. The van der Waals surface area contributed by atoms with Gasteiger partial charge < -0.3 is 10.1 Å². The summed E-state index contributed by atoms with van der Waals surface area (Å²) in [5.74, 6) is 1.81. The number of rotatable bonds is 5. The normalized spacial score (nSPS) is 18.8. The Morgan fingerprint density at radius 3 is 2.81 bits per heavy atom. The van der Waals surface area contributed by atoms with Crippen LogP contribution in [0.4, 0.5) is 0 Å². The van der Waals surface area contributed by atoms with Crippen LogP contribution in [0.2, 0.25) is 0 Å². The van der Waals surface area contributed by atoms with E-state index in [0.717, 1.165) is 24.3 Å². The van der Waals surface area contributed by atoms with E-state index in [9.17, 15) is 4.79 Å². The third-order valence-corrected chi connectivity index (χ3v) is 3.60. The van der Waals surface area contributed by atoms with E-state index in [4.69, 9.17) is 10.00 Å². The summed E-state index contributed by atoms with van der Waals surface area (Å²) < 4.78 is 5.11. The van der Waals surface area contributed by atoms with Gasteiger partial charge in [0.25, 0.3) is 0 Å². The first-order valence-corrected chi connectivity index (χ1v) is 6.75. The minimum atomic E-state index is -0.630. The number of ether oxygens (including phenoxy) is 1. The van der Waals surface area contributed by atoms with E-state index in [2.05, 4.69) is 11.4 Å². The fourth-order valence-electron chi connectivity index (χ4n) is 1.62. The summed E-state index contributed by atoms with van der Waals surface area (Å²) >= 11 is 1.83.